The van der Waals surface area contributed by atoms with Gasteiger partial charge in [0.1, 0.15) is 0 Å². The van der Waals surface area contributed by atoms with Gasteiger partial charge in [-0.3, -0.25) is 4.79 Å². The first-order valence-electron chi connectivity index (χ1n) is 6.19. The number of hydrogen-bond donors (Lipinski definition) is 2. The van der Waals surface area contributed by atoms with Crippen molar-refractivity contribution < 1.29 is 14.7 Å². The van der Waals surface area contributed by atoms with Crippen LogP contribution in [0.1, 0.15) is 39.9 Å². The number of hydrogen-bond acceptors (Lipinski definition) is 3. The molecule has 1 saturated carbocycles. The average molecular weight is 279 g/mol. The van der Waals surface area contributed by atoms with Crippen molar-refractivity contribution in [2.24, 2.45) is 5.41 Å². The van der Waals surface area contributed by atoms with Gasteiger partial charge in [0.05, 0.1) is 4.88 Å². The molecule has 1 heterocycles. The predicted octanol–water partition coefficient (Wildman–Crippen LogP) is 2.68. The number of carboxylic acids is 1. The van der Waals surface area contributed by atoms with Crippen LogP contribution in [-0.4, -0.2) is 23.5 Å². The maximum atomic E-state index is 12.0. The van der Waals surface area contributed by atoms with E-state index in [4.69, 9.17) is 5.11 Å². The third-order valence-corrected chi connectivity index (χ3v) is 4.54. The number of amides is 1. The van der Waals surface area contributed by atoms with E-state index in [0.29, 0.717) is 11.4 Å². The Kier molecular flexibility index (Phi) is 3.75. The summed E-state index contributed by atoms with van der Waals surface area (Å²) in [4.78, 5) is 23.9. The highest BCUT2D eigenvalue weighted by molar-refractivity contribution is 7.15. The van der Waals surface area contributed by atoms with Gasteiger partial charge in [-0.25, -0.2) is 4.79 Å². The Labute approximate surface area is 116 Å². The second-order valence-corrected chi connectivity index (χ2v) is 6.41. The van der Waals surface area contributed by atoms with E-state index < -0.39 is 5.97 Å². The largest absolute Gasteiger partial charge is 0.478 e. The maximum Gasteiger partial charge on any atom is 0.328 e. The highest BCUT2D eigenvalue weighted by Crippen LogP contribution is 2.44. The summed E-state index contributed by atoms with van der Waals surface area (Å²) in [5.74, 6) is -1.06. The van der Waals surface area contributed by atoms with Crippen molar-refractivity contribution in [1.82, 2.24) is 5.32 Å². The van der Waals surface area contributed by atoms with E-state index in [-0.39, 0.29) is 11.3 Å². The molecule has 0 saturated heterocycles. The molecule has 2 rings (SSSR count). The Hall–Kier alpha value is -1.62. The molecule has 0 spiro atoms. The van der Waals surface area contributed by atoms with E-state index in [2.05, 4.69) is 12.2 Å². The summed E-state index contributed by atoms with van der Waals surface area (Å²) in [6.07, 6.45) is 4.96. The number of rotatable bonds is 5. The molecular formula is C14H17NO3S. The number of carboxylic acid groups (broad SMARTS) is 1. The zero-order valence-electron chi connectivity index (χ0n) is 11.0. The highest BCUT2D eigenvalue weighted by atomic mass is 32.1. The van der Waals surface area contributed by atoms with Crippen molar-refractivity contribution in [2.45, 2.75) is 26.7 Å². The van der Waals surface area contributed by atoms with Crippen LogP contribution in [0.25, 0.3) is 6.08 Å². The Bertz CT molecular complexity index is 541. The van der Waals surface area contributed by atoms with E-state index >= 15 is 0 Å². The van der Waals surface area contributed by atoms with Crippen LogP contribution in [0.3, 0.4) is 0 Å². The predicted molar refractivity (Wildman–Crippen MR) is 75.4 cm³/mol. The molecule has 1 aromatic rings. The molecule has 1 aliphatic rings. The van der Waals surface area contributed by atoms with Crippen molar-refractivity contribution in [1.29, 1.82) is 0 Å². The lowest BCUT2D eigenvalue weighted by molar-refractivity contribution is -0.131. The van der Waals surface area contributed by atoms with E-state index in [1.807, 2.05) is 6.92 Å². The summed E-state index contributed by atoms with van der Waals surface area (Å²) in [6, 6.07) is 1.80. The first-order valence-corrected chi connectivity index (χ1v) is 7.01. The molecular weight excluding hydrogens is 262 g/mol. The van der Waals surface area contributed by atoms with Gasteiger partial charge in [0, 0.05) is 17.5 Å². The third kappa shape index (κ3) is 3.67. The molecule has 5 heteroatoms. The van der Waals surface area contributed by atoms with Crippen molar-refractivity contribution >= 4 is 29.3 Å². The van der Waals surface area contributed by atoms with Crippen LogP contribution >= 0.6 is 11.3 Å². The van der Waals surface area contributed by atoms with Crippen molar-refractivity contribution in [2.75, 3.05) is 6.54 Å². The number of nitrogens with one attached hydrogen (secondary N) is 1. The summed E-state index contributed by atoms with van der Waals surface area (Å²) in [7, 11) is 0. The quantitative estimate of drug-likeness (QED) is 0.814. The Morgan fingerprint density at radius 2 is 2.21 bits per heavy atom. The summed E-state index contributed by atoms with van der Waals surface area (Å²) in [5, 5.41) is 11.5. The molecule has 0 aliphatic heterocycles. The molecule has 2 N–H and O–H groups in total. The average Bonchev–Trinajstić information content (AvgIpc) is 2.96. The van der Waals surface area contributed by atoms with Gasteiger partial charge in [-0.1, -0.05) is 6.92 Å². The lowest BCUT2D eigenvalue weighted by Gasteiger charge is -2.08. The lowest BCUT2D eigenvalue weighted by atomic mass is 10.1. The zero-order valence-corrected chi connectivity index (χ0v) is 11.8. The molecule has 1 amide bonds. The highest BCUT2D eigenvalue weighted by Gasteiger charge is 2.37. The number of carbonyl (C=O) groups excluding carboxylic acids is 1. The molecule has 1 aromatic heterocycles. The topological polar surface area (TPSA) is 66.4 Å². The van der Waals surface area contributed by atoms with E-state index in [9.17, 15) is 9.59 Å². The van der Waals surface area contributed by atoms with Crippen LogP contribution < -0.4 is 5.32 Å². The second-order valence-electron chi connectivity index (χ2n) is 5.32. The van der Waals surface area contributed by atoms with Gasteiger partial charge in [-0.15, -0.1) is 11.3 Å². The Morgan fingerprint density at radius 3 is 2.79 bits per heavy atom. The summed E-state index contributed by atoms with van der Waals surface area (Å²) < 4.78 is 0. The van der Waals surface area contributed by atoms with Crippen LogP contribution in [0.15, 0.2) is 12.1 Å². The number of aliphatic carboxylic acids is 1. The van der Waals surface area contributed by atoms with E-state index in [0.717, 1.165) is 16.5 Å². The normalized spacial score (nSPS) is 16.5. The molecule has 0 atom stereocenters. The molecule has 0 aromatic carbocycles. The van der Waals surface area contributed by atoms with Gasteiger partial charge >= 0.3 is 5.97 Å². The first kappa shape index (κ1) is 13.8. The lowest BCUT2D eigenvalue weighted by Crippen LogP contribution is -2.28. The molecule has 4 nitrogen and oxygen atoms in total. The van der Waals surface area contributed by atoms with E-state index in [1.165, 1.54) is 30.3 Å². The monoisotopic (exact) mass is 279 g/mol. The van der Waals surface area contributed by atoms with Gasteiger partial charge in [0.15, 0.2) is 0 Å². The smallest absolute Gasteiger partial charge is 0.328 e. The minimum atomic E-state index is -0.986. The fraction of sp³-hybridized carbons (Fsp3) is 0.429. The minimum Gasteiger partial charge on any atom is -0.478 e. The van der Waals surface area contributed by atoms with Crippen LogP contribution in [0, 0.1) is 12.3 Å². The van der Waals surface area contributed by atoms with Crippen molar-refractivity contribution in [3.63, 3.8) is 0 Å². The summed E-state index contributed by atoms with van der Waals surface area (Å²) in [5.41, 5.74) is 1.21. The molecule has 0 radical (unpaired) electrons. The maximum absolute atomic E-state index is 12.0. The zero-order chi connectivity index (χ0) is 14.0. The SMILES string of the molecule is Cc1cc(C(=O)NCC2(C)CC2)sc1/C=C/C(=O)O. The van der Waals surface area contributed by atoms with Crippen molar-refractivity contribution in [3.05, 3.63) is 27.5 Å². The minimum absolute atomic E-state index is 0.0730. The molecule has 19 heavy (non-hydrogen) atoms. The van der Waals surface area contributed by atoms with Gasteiger partial charge in [0.2, 0.25) is 0 Å². The number of thiophene rings is 1. The van der Waals surface area contributed by atoms with Gasteiger partial charge in [0.25, 0.3) is 5.91 Å². The molecule has 1 fully saturated rings. The van der Waals surface area contributed by atoms with Crippen LogP contribution in [0.2, 0.25) is 0 Å². The van der Waals surface area contributed by atoms with E-state index in [1.54, 1.807) is 6.07 Å². The van der Waals surface area contributed by atoms with Gasteiger partial charge in [-0.05, 0) is 42.9 Å². The number of aryl methyl sites for hydroxylation is 1. The Morgan fingerprint density at radius 1 is 1.53 bits per heavy atom. The van der Waals surface area contributed by atoms with Crippen LogP contribution in [0.4, 0.5) is 0 Å². The van der Waals surface area contributed by atoms with Crippen molar-refractivity contribution in [3.8, 4) is 0 Å². The second kappa shape index (κ2) is 5.17. The standard InChI is InChI=1S/C14H17NO3S/c1-9-7-11(19-10(9)3-4-12(16)17)13(18)15-8-14(2)5-6-14/h3-4,7H,5-6,8H2,1-2H3,(H,15,18)(H,16,17)/b4-3+. The Balaban J connectivity index is 2.02. The molecule has 1 aliphatic carbocycles. The fourth-order valence-corrected chi connectivity index (χ4v) is 2.68. The third-order valence-electron chi connectivity index (χ3n) is 3.34. The first-order chi connectivity index (χ1) is 8.89. The molecule has 0 bridgehead atoms. The number of carbonyl (C=O) groups is 2. The summed E-state index contributed by atoms with van der Waals surface area (Å²) >= 11 is 1.32. The fourth-order valence-electron chi connectivity index (χ4n) is 1.69. The molecule has 102 valence electrons. The van der Waals surface area contributed by atoms with Gasteiger partial charge in [-0.2, -0.15) is 0 Å². The summed E-state index contributed by atoms with van der Waals surface area (Å²) in [6.45, 7) is 4.74. The van der Waals surface area contributed by atoms with Crippen LogP contribution in [0.5, 0.6) is 0 Å². The van der Waals surface area contributed by atoms with Crippen LogP contribution in [-0.2, 0) is 4.79 Å². The van der Waals surface area contributed by atoms with Gasteiger partial charge < -0.3 is 10.4 Å². The molecule has 0 unspecified atom stereocenters.